The van der Waals surface area contributed by atoms with Crippen molar-refractivity contribution < 1.29 is 9.53 Å². The summed E-state index contributed by atoms with van der Waals surface area (Å²) >= 11 is 0. The monoisotopic (exact) mass is 250 g/mol. The fraction of sp³-hybridized carbons (Fsp3) is 0.500. The molecule has 0 fully saturated rings. The predicted octanol–water partition coefficient (Wildman–Crippen LogP) is 1.69. The molecule has 3 N–H and O–H groups in total. The van der Waals surface area contributed by atoms with E-state index in [0.717, 1.165) is 11.3 Å². The zero-order valence-corrected chi connectivity index (χ0v) is 11.1. The van der Waals surface area contributed by atoms with Gasteiger partial charge in [0.15, 0.2) is 0 Å². The highest BCUT2D eigenvalue weighted by Gasteiger charge is 2.11. The number of benzene rings is 1. The molecule has 1 amide bonds. The number of nitrogens with two attached hydrogens (primary N) is 1. The number of hydrogen-bond acceptors (Lipinski definition) is 3. The number of carbonyl (C=O) groups is 1. The minimum Gasteiger partial charge on any atom is -0.494 e. The summed E-state index contributed by atoms with van der Waals surface area (Å²) in [4.78, 5) is 11.7. The minimum atomic E-state index is -0.0370. The van der Waals surface area contributed by atoms with E-state index in [1.807, 2.05) is 38.1 Å². The van der Waals surface area contributed by atoms with E-state index >= 15 is 0 Å². The van der Waals surface area contributed by atoms with E-state index in [1.54, 1.807) is 0 Å². The maximum absolute atomic E-state index is 11.7. The molecule has 0 saturated carbocycles. The zero-order chi connectivity index (χ0) is 13.4. The summed E-state index contributed by atoms with van der Waals surface area (Å²) in [5.74, 6) is 0.839. The summed E-state index contributed by atoms with van der Waals surface area (Å²) in [7, 11) is 0. The van der Waals surface area contributed by atoms with E-state index in [0.29, 0.717) is 26.1 Å². The van der Waals surface area contributed by atoms with E-state index in [1.165, 1.54) is 0 Å². The molecule has 0 aliphatic heterocycles. The molecule has 0 radical (unpaired) electrons. The van der Waals surface area contributed by atoms with Crippen molar-refractivity contribution in [3.05, 3.63) is 29.8 Å². The number of amides is 1. The first-order valence-electron chi connectivity index (χ1n) is 6.37. The average Bonchev–Trinajstić information content (AvgIpc) is 2.37. The SMILES string of the molecule is CCOc1cccc(CNC(=O)C(C)CCN)c1. The smallest absolute Gasteiger partial charge is 0.223 e. The van der Waals surface area contributed by atoms with Crippen molar-refractivity contribution in [2.45, 2.75) is 26.8 Å². The molecule has 18 heavy (non-hydrogen) atoms. The van der Waals surface area contributed by atoms with E-state index in [2.05, 4.69) is 5.32 Å². The van der Waals surface area contributed by atoms with Crippen molar-refractivity contribution in [1.29, 1.82) is 0 Å². The molecule has 0 bridgehead atoms. The molecule has 4 nitrogen and oxygen atoms in total. The van der Waals surface area contributed by atoms with Crippen molar-refractivity contribution >= 4 is 5.91 Å². The summed E-state index contributed by atoms with van der Waals surface area (Å²) in [6.07, 6.45) is 0.713. The number of hydrogen-bond donors (Lipinski definition) is 2. The summed E-state index contributed by atoms with van der Waals surface area (Å²) in [5.41, 5.74) is 6.47. The van der Waals surface area contributed by atoms with Crippen molar-refractivity contribution in [2.24, 2.45) is 11.7 Å². The van der Waals surface area contributed by atoms with Crippen LogP contribution in [0.15, 0.2) is 24.3 Å². The van der Waals surface area contributed by atoms with Crippen LogP contribution in [-0.4, -0.2) is 19.1 Å². The second-order valence-corrected chi connectivity index (χ2v) is 4.28. The van der Waals surface area contributed by atoms with Crippen LogP contribution in [0, 0.1) is 5.92 Å². The summed E-state index contributed by atoms with van der Waals surface area (Å²) in [6, 6.07) is 7.75. The first-order valence-corrected chi connectivity index (χ1v) is 6.37. The van der Waals surface area contributed by atoms with Gasteiger partial charge in [-0.25, -0.2) is 0 Å². The first kappa shape index (κ1) is 14.5. The Bertz CT molecular complexity index is 380. The molecule has 1 atom stereocenters. The van der Waals surface area contributed by atoms with Gasteiger partial charge in [-0.15, -0.1) is 0 Å². The normalized spacial score (nSPS) is 11.9. The second kappa shape index (κ2) is 7.71. The van der Waals surface area contributed by atoms with Crippen LogP contribution in [0.5, 0.6) is 5.75 Å². The van der Waals surface area contributed by atoms with Crippen LogP contribution >= 0.6 is 0 Å². The molecule has 0 aromatic heterocycles. The Morgan fingerprint density at radius 3 is 2.94 bits per heavy atom. The number of nitrogens with one attached hydrogen (secondary N) is 1. The number of rotatable bonds is 7. The molecule has 4 heteroatoms. The Balaban J connectivity index is 2.47. The van der Waals surface area contributed by atoms with Gasteiger partial charge in [0, 0.05) is 12.5 Å². The average molecular weight is 250 g/mol. The van der Waals surface area contributed by atoms with Gasteiger partial charge in [-0.3, -0.25) is 4.79 Å². The van der Waals surface area contributed by atoms with Gasteiger partial charge in [0.2, 0.25) is 5.91 Å². The van der Waals surface area contributed by atoms with E-state index < -0.39 is 0 Å². The minimum absolute atomic E-state index is 0.0370. The second-order valence-electron chi connectivity index (χ2n) is 4.28. The van der Waals surface area contributed by atoms with Gasteiger partial charge in [0.1, 0.15) is 5.75 Å². The van der Waals surface area contributed by atoms with Crippen LogP contribution in [-0.2, 0) is 11.3 Å². The van der Waals surface area contributed by atoms with E-state index in [4.69, 9.17) is 10.5 Å². The lowest BCUT2D eigenvalue weighted by Gasteiger charge is -2.11. The molecule has 100 valence electrons. The Morgan fingerprint density at radius 2 is 2.28 bits per heavy atom. The fourth-order valence-electron chi connectivity index (χ4n) is 1.66. The molecular formula is C14H22N2O2. The highest BCUT2D eigenvalue weighted by Crippen LogP contribution is 2.13. The van der Waals surface area contributed by atoms with Crippen LogP contribution < -0.4 is 15.8 Å². The zero-order valence-electron chi connectivity index (χ0n) is 11.1. The third-order valence-electron chi connectivity index (χ3n) is 2.72. The number of carbonyl (C=O) groups excluding carboxylic acids is 1. The van der Waals surface area contributed by atoms with Crippen molar-refractivity contribution in [3.8, 4) is 5.75 Å². The maximum Gasteiger partial charge on any atom is 0.223 e. The summed E-state index contributed by atoms with van der Waals surface area (Å²) < 4.78 is 5.41. The fourth-order valence-corrected chi connectivity index (χ4v) is 1.66. The van der Waals surface area contributed by atoms with Gasteiger partial charge in [-0.1, -0.05) is 19.1 Å². The molecular weight excluding hydrogens is 228 g/mol. The van der Waals surface area contributed by atoms with Gasteiger partial charge in [-0.05, 0) is 37.6 Å². The first-order chi connectivity index (χ1) is 8.67. The van der Waals surface area contributed by atoms with Crippen LogP contribution in [0.25, 0.3) is 0 Å². The van der Waals surface area contributed by atoms with Gasteiger partial charge in [0.25, 0.3) is 0 Å². The van der Waals surface area contributed by atoms with Crippen LogP contribution in [0.2, 0.25) is 0 Å². The Kier molecular flexibility index (Phi) is 6.22. The third kappa shape index (κ3) is 4.75. The maximum atomic E-state index is 11.7. The largest absolute Gasteiger partial charge is 0.494 e. The molecule has 0 heterocycles. The lowest BCUT2D eigenvalue weighted by atomic mass is 10.1. The van der Waals surface area contributed by atoms with Crippen LogP contribution in [0.1, 0.15) is 25.8 Å². The van der Waals surface area contributed by atoms with Gasteiger partial charge < -0.3 is 15.8 Å². The Labute approximate surface area is 109 Å². The van der Waals surface area contributed by atoms with Gasteiger partial charge in [0.05, 0.1) is 6.61 Å². The molecule has 0 spiro atoms. The summed E-state index contributed by atoms with van der Waals surface area (Å²) in [6.45, 7) is 5.54. The highest BCUT2D eigenvalue weighted by atomic mass is 16.5. The predicted molar refractivity (Wildman–Crippen MR) is 72.3 cm³/mol. The van der Waals surface area contributed by atoms with E-state index in [9.17, 15) is 4.79 Å². The van der Waals surface area contributed by atoms with Crippen molar-refractivity contribution in [1.82, 2.24) is 5.32 Å². The van der Waals surface area contributed by atoms with Crippen molar-refractivity contribution in [3.63, 3.8) is 0 Å². The highest BCUT2D eigenvalue weighted by molar-refractivity contribution is 5.78. The molecule has 0 aliphatic carbocycles. The lowest BCUT2D eigenvalue weighted by molar-refractivity contribution is -0.124. The van der Waals surface area contributed by atoms with E-state index in [-0.39, 0.29) is 11.8 Å². The Morgan fingerprint density at radius 1 is 1.50 bits per heavy atom. The summed E-state index contributed by atoms with van der Waals surface area (Å²) in [5, 5.41) is 2.90. The molecule has 1 aromatic rings. The van der Waals surface area contributed by atoms with Crippen LogP contribution in [0.3, 0.4) is 0 Å². The van der Waals surface area contributed by atoms with Crippen LogP contribution in [0.4, 0.5) is 0 Å². The molecule has 1 unspecified atom stereocenters. The quantitative estimate of drug-likeness (QED) is 0.774. The standard InChI is InChI=1S/C14H22N2O2/c1-3-18-13-6-4-5-12(9-13)10-16-14(17)11(2)7-8-15/h4-6,9,11H,3,7-8,10,15H2,1-2H3,(H,16,17). The molecule has 0 aliphatic rings. The molecule has 1 aromatic carbocycles. The Hall–Kier alpha value is -1.55. The topological polar surface area (TPSA) is 64.3 Å². The third-order valence-corrected chi connectivity index (χ3v) is 2.72. The van der Waals surface area contributed by atoms with Crippen molar-refractivity contribution in [2.75, 3.05) is 13.2 Å². The molecule has 1 rings (SSSR count). The lowest BCUT2D eigenvalue weighted by Crippen LogP contribution is -2.29. The number of ether oxygens (including phenoxy) is 1. The van der Waals surface area contributed by atoms with Gasteiger partial charge in [-0.2, -0.15) is 0 Å². The molecule has 0 saturated heterocycles. The van der Waals surface area contributed by atoms with Gasteiger partial charge >= 0.3 is 0 Å².